The molecule has 0 bridgehead atoms. The van der Waals surface area contributed by atoms with Crippen LogP contribution in [-0.2, 0) is 6.54 Å². The molecule has 29 heavy (non-hydrogen) atoms. The Bertz CT molecular complexity index is 1000. The molecule has 3 aromatic rings. The molecule has 0 aliphatic carbocycles. The van der Waals surface area contributed by atoms with Gasteiger partial charge >= 0.3 is 12.4 Å². The highest BCUT2D eigenvalue weighted by atomic mass is 19.4. The standard InChI is InChI=1S/C17H16F3N7O2/c1-10-7-12(9-27-11(2)24-25-26-27)8-15(21-10)23-16(28)22-13-3-5-14(6-4-13)29-17(18,19)20/h3-8H,9H2,1-2H3,(H2,21,22,23,28). The van der Waals surface area contributed by atoms with E-state index in [9.17, 15) is 18.0 Å². The summed E-state index contributed by atoms with van der Waals surface area (Å²) in [5, 5.41) is 16.4. The van der Waals surface area contributed by atoms with Gasteiger partial charge in [0.25, 0.3) is 0 Å². The van der Waals surface area contributed by atoms with E-state index in [4.69, 9.17) is 0 Å². The summed E-state index contributed by atoms with van der Waals surface area (Å²) in [7, 11) is 0. The van der Waals surface area contributed by atoms with Crippen molar-refractivity contribution in [3.8, 4) is 5.75 Å². The lowest BCUT2D eigenvalue weighted by atomic mass is 10.2. The first-order chi connectivity index (χ1) is 13.7. The Hall–Kier alpha value is -3.70. The lowest BCUT2D eigenvalue weighted by molar-refractivity contribution is -0.274. The monoisotopic (exact) mass is 407 g/mol. The normalized spacial score (nSPS) is 11.2. The molecule has 2 aromatic heterocycles. The van der Waals surface area contributed by atoms with Gasteiger partial charge in [-0.05, 0) is 66.2 Å². The van der Waals surface area contributed by atoms with E-state index >= 15 is 0 Å². The molecule has 9 nitrogen and oxygen atoms in total. The highest BCUT2D eigenvalue weighted by Gasteiger charge is 2.30. The van der Waals surface area contributed by atoms with E-state index < -0.39 is 12.4 Å². The average molecular weight is 407 g/mol. The fourth-order valence-electron chi connectivity index (χ4n) is 2.48. The second-order valence-corrected chi connectivity index (χ2v) is 6.04. The van der Waals surface area contributed by atoms with E-state index in [1.54, 1.807) is 24.6 Å². The minimum Gasteiger partial charge on any atom is -0.406 e. The Kier molecular flexibility index (Phi) is 5.61. The van der Waals surface area contributed by atoms with Gasteiger partial charge in [-0.1, -0.05) is 0 Å². The topological polar surface area (TPSA) is 107 Å². The van der Waals surface area contributed by atoms with E-state index in [1.807, 2.05) is 6.07 Å². The summed E-state index contributed by atoms with van der Waals surface area (Å²) >= 11 is 0. The highest BCUT2D eigenvalue weighted by Crippen LogP contribution is 2.24. The van der Waals surface area contributed by atoms with Gasteiger partial charge in [-0.15, -0.1) is 18.3 Å². The lowest BCUT2D eigenvalue weighted by Crippen LogP contribution is -2.20. The van der Waals surface area contributed by atoms with Crippen LogP contribution >= 0.6 is 0 Å². The maximum Gasteiger partial charge on any atom is 0.573 e. The summed E-state index contributed by atoms with van der Waals surface area (Å²) < 4.78 is 41.9. The molecule has 1 aromatic carbocycles. The molecule has 0 aliphatic heterocycles. The molecule has 0 atom stereocenters. The second-order valence-electron chi connectivity index (χ2n) is 6.04. The van der Waals surface area contributed by atoms with Gasteiger partial charge in [0.05, 0.1) is 6.54 Å². The summed E-state index contributed by atoms with van der Waals surface area (Å²) in [6, 6.07) is 7.68. The van der Waals surface area contributed by atoms with Crippen LogP contribution < -0.4 is 15.4 Å². The maximum atomic E-state index is 12.2. The first kappa shape index (κ1) is 20.0. The first-order valence-electron chi connectivity index (χ1n) is 8.32. The maximum absolute atomic E-state index is 12.2. The number of benzene rings is 1. The van der Waals surface area contributed by atoms with Crippen molar-refractivity contribution in [2.45, 2.75) is 26.8 Å². The fourth-order valence-corrected chi connectivity index (χ4v) is 2.48. The number of anilines is 2. The molecule has 12 heteroatoms. The van der Waals surface area contributed by atoms with Crippen LogP contribution in [0.1, 0.15) is 17.1 Å². The molecule has 152 valence electrons. The third-order valence-corrected chi connectivity index (χ3v) is 3.64. The minimum atomic E-state index is -4.78. The van der Waals surface area contributed by atoms with E-state index in [0.717, 1.165) is 17.7 Å². The number of hydrogen-bond acceptors (Lipinski definition) is 6. The number of carbonyl (C=O) groups is 1. The number of ether oxygens (including phenoxy) is 1. The molecule has 0 radical (unpaired) electrons. The van der Waals surface area contributed by atoms with Gasteiger partial charge in [-0.3, -0.25) is 5.32 Å². The Morgan fingerprint density at radius 3 is 2.48 bits per heavy atom. The number of urea groups is 1. The van der Waals surface area contributed by atoms with Crippen molar-refractivity contribution in [1.82, 2.24) is 25.2 Å². The summed E-state index contributed by atoms with van der Waals surface area (Å²) in [5.41, 5.74) is 1.79. The number of amides is 2. The summed E-state index contributed by atoms with van der Waals surface area (Å²) in [5.74, 6) is 0.566. The fraction of sp³-hybridized carbons (Fsp3) is 0.235. The van der Waals surface area contributed by atoms with Gasteiger partial charge < -0.3 is 10.1 Å². The van der Waals surface area contributed by atoms with Gasteiger partial charge in [0, 0.05) is 11.4 Å². The van der Waals surface area contributed by atoms with Crippen LogP contribution in [0.15, 0.2) is 36.4 Å². The van der Waals surface area contributed by atoms with Crippen LogP contribution in [0, 0.1) is 13.8 Å². The van der Waals surface area contributed by atoms with Gasteiger partial charge in [-0.25, -0.2) is 14.5 Å². The van der Waals surface area contributed by atoms with Crippen molar-refractivity contribution >= 4 is 17.5 Å². The number of carbonyl (C=O) groups excluding carboxylic acids is 1. The number of alkyl halides is 3. The minimum absolute atomic E-state index is 0.286. The van der Waals surface area contributed by atoms with Crippen molar-refractivity contribution < 1.29 is 22.7 Å². The molecule has 0 spiro atoms. The predicted octanol–water partition coefficient (Wildman–Crippen LogP) is 3.28. The van der Waals surface area contributed by atoms with Crippen molar-refractivity contribution in [2.24, 2.45) is 0 Å². The number of nitrogens with zero attached hydrogens (tertiary/aromatic N) is 5. The number of tetrazole rings is 1. The van der Waals surface area contributed by atoms with Crippen LogP contribution in [-0.4, -0.2) is 37.6 Å². The highest BCUT2D eigenvalue weighted by molar-refractivity contribution is 5.99. The zero-order valence-corrected chi connectivity index (χ0v) is 15.4. The number of nitrogens with one attached hydrogen (secondary N) is 2. The Morgan fingerprint density at radius 2 is 1.86 bits per heavy atom. The quantitative estimate of drug-likeness (QED) is 0.672. The first-order valence-corrected chi connectivity index (χ1v) is 8.32. The Balaban J connectivity index is 1.64. The van der Waals surface area contributed by atoms with Gasteiger partial charge in [0.1, 0.15) is 17.4 Å². The summed E-state index contributed by atoms with van der Waals surface area (Å²) in [6.07, 6.45) is -4.78. The van der Waals surface area contributed by atoms with Gasteiger partial charge in [0.2, 0.25) is 0 Å². The van der Waals surface area contributed by atoms with Crippen molar-refractivity contribution in [3.63, 3.8) is 0 Å². The number of aromatic nitrogens is 5. The molecular formula is C17H16F3N7O2. The van der Waals surface area contributed by atoms with Crippen LogP contribution in [0.3, 0.4) is 0 Å². The molecule has 2 N–H and O–H groups in total. The molecular weight excluding hydrogens is 391 g/mol. The molecule has 0 saturated heterocycles. The average Bonchev–Trinajstić information content (AvgIpc) is 2.99. The van der Waals surface area contributed by atoms with Crippen LogP contribution in [0.25, 0.3) is 0 Å². The number of rotatable bonds is 5. The van der Waals surface area contributed by atoms with Crippen LogP contribution in [0.2, 0.25) is 0 Å². The zero-order chi connectivity index (χ0) is 21.0. The second kappa shape index (κ2) is 8.12. The van der Waals surface area contributed by atoms with Crippen molar-refractivity contribution in [1.29, 1.82) is 0 Å². The lowest BCUT2D eigenvalue weighted by Gasteiger charge is -2.11. The molecule has 0 saturated carbocycles. The molecule has 0 aliphatic rings. The molecule has 3 rings (SSSR count). The zero-order valence-electron chi connectivity index (χ0n) is 15.4. The van der Waals surface area contributed by atoms with E-state index in [2.05, 4.69) is 35.9 Å². The Morgan fingerprint density at radius 1 is 1.14 bits per heavy atom. The number of aryl methyl sites for hydroxylation is 2. The number of pyridine rings is 1. The predicted molar refractivity (Wildman–Crippen MR) is 96.4 cm³/mol. The molecule has 2 heterocycles. The SMILES string of the molecule is Cc1cc(Cn2nnnc2C)cc(NC(=O)Nc2ccc(OC(F)(F)F)cc2)n1. The van der Waals surface area contributed by atoms with Crippen molar-refractivity contribution in [2.75, 3.05) is 10.6 Å². The molecule has 2 amide bonds. The molecule has 0 unspecified atom stereocenters. The van der Waals surface area contributed by atoms with Crippen LogP contribution in [0.5, 0.6) is 5.75 Å². The van der Waals surface area contributed by atoms with E-state index in [1.165, 1.54) is 12.1 Å². The van der Waals surface area contributed by atoms with Gasteiger partial charge in [-0.2, -0.15) is 0 Å². The van der Waals surface area contributed by atoms with Crippen molar-refractivity contribution in [3.05, 3.63) is 53.5 Å². The third kappa shape index (κ3) is 5.89. The third-order valence-electron chi connectivity index (χ3n) is 3.64. The molecule has 0 fully saturated rings. The van der Waals surface area contributed by atoms with E-state index in [-0.39, 0.29) is 11.4 Å². The number of halogens is 3. The summed E-state index contributed by atoms with van der Waals surface area (Å²) in [6.45, 7) is 3.95. The summed E-state index contributed by atoms with van der Waals surface area (Å²) in [4.78, 5) is 16.4. The number of hydrogen-bond donors (Lipinski definition) is 2. The Labute approximate surface area is 162 Å². The van der Waals surface area contributed by atoms with E-state index in [0.29, 0.717) is 23.9 Å². The largest absolute Gasteiger partial charge is 0.573 e. The smallest absolute Gasteiger partial charge is 0.406 e. The van der Waals surface area contributed by atoms with Gasteiger partial charge in [0.15, 0.2) is 0 Å². The van der Waals surface area contributed by atoms with Crippen LogP contribution in [0.4, 0.5) is 29.5 Å².